The average Bonchev–Trinajstić information content (AvgIpc) is 2.87. The number of fused-ring (bicyclic) bond motifs is 4. The normalized spacial score (nSPS) is 30.8. The second-order valence-electron chi connectivity index (χ2n) is 6.14. The SMILES string of the molecule is COc1cc2c(cc1OC)C1(NCC2)C(=O)NC2C=CC=CC21. The van der Waals surface area contributed by atoms with E-state index < -0.39 is 5.54 Å². The van der Waals surface area contributed by atoms with Gasteiger partial charge in [0.05, 0.1) is 20.3 Å². The highest BCUT2D eigenvalue weighted by molar-refractivity contribution is 5.93. The molecule has 3 unspecified atom stereocenters. The summed E-state index contributed by atoms with van der Waals surface area (Å²) >= 11 is 0. The van der Waals surface area contributed by atoms with Crippen molar-refractivity contribution in [2.75, 3.05) is 20.8 Å². The summed E-state index contributed by atoms with van der Waals surface area (Å²) in [4.78, 5) is 12.9. The van der Waals surface area contributed by atoms with Crippen LogP contribution in [0.15, 0.2) is 36.4 Å². The molecule has 4 rings (SSSR count). The summed E-state index contributed by atoms with van der Waals surface area (Å²) in [5.74, 6) is 1.44. The van der Waals surface area contributed by atoms with Crippen molar-refractivity contribution in [3.05, 3.63) is 47.6 Å². The quantitative estimate of drug-likeness (QED) is 0.864. The molecule has 23 heavy (non-hydrogen) atoms. The van der Waals surface area contributed by atoms with Gasteiger partial charge in [-0.25, -0.2) is 0 Å². The molecule has 1 amide bonds. The zero-order valence-electron chi connectivity index (χ0n) is 13.3. The predicted molar refractivity (Wildman–Crippen MR) is 86.6 cm³/mol. The Hall–Kier alpha value is -2.27. The van der Waals surface area contributed by atoms with E-state index in [1.54, 1.807) is 14.2 Å². The molecule has 0 saturated carbocycles. The topological polar surface area (TPSA) is 59.6 Å². The standard InChI is InChI=1S/C18H20N2O3/c1-22-15-9-11-7-8-19-18(13(11)10-16(15)23-2)12-5-3-4-6-14(12)20-17(18)21/h3-6,9-10,12,14,19H,7-8H2,1-2H3,(H,20,21). The van der Waals surface area contributed by atoms with Gasteiger partial charge in [-0.15, -0.1) is 0 Å². The van der Waals surface area contributed by atoms with Crippen LogP contribution in [0.1, 0.15) is 11.1 Å². The smallest absolute Gasteiger partial charge is 0.246 e. The Balaban J connectivity index is 1.91. The van der Waals surface area contributed by atoms with Gasteiger partial charge in [0.25, 0.3) is 0 Å². The average molecular weight is 312 g/mol. The lowest BCUT2D eigenvalue weighted by Gasteiger charge is -2.39. The third-order valence-electron chi connectivity index (χ3n) is 5.12. The maximum absolute atomic E-state index is 12.9. The third kappa shape index (κ3) is 1.86. The molecule has 0 aromatic heterocycles. The summed E-state index contributed by atoms with van der Waals surface area (Å²) in [5.41, 5.74) is 1.39. The van der Waals surface area contributed by atoms with Gasteiger partial charge < -0.3 is 14.8 Å². The molecule has 2 N–H and O–H groups in total. The van der Waals surface area contributed by atoms with Gasteiger partial charge in [0, 0.05) is 12.5 Å². The molecule has 5 nitrogen and oxygen atoms in total. The Kier molecular flexibility index (Phi) is 3.20. The minimum absolute atomic E-state index is 0.0249. The number of methoxy groups -OCH3 is 2. The number of carbonyl (C=O) groups excluding carboxylic acids is 1. The lowest BCUT2D eigenvalue weighted by molar-refractivity contribution is -0.125. The number of allylic oxidation sites excluding steroid dienone is 2. The van der Waals surface area contributed by atoms with Gasteiger partial charge in [-0.2, -0.15) is 0 Å². The Morgan fingerprint density at radius 2 is 1.87 bits per heavy atom. The minimum Gasteiger partial charge on any atom is -0.493 e. The second kappa shape index (κ2) is 5.13. The van der Waals surface area contributed by atoms with Crippen molar-refractivity contribution in [1.82, 2.24) is 10.6 Å². The van der Waals surface area contributed by atoms with Gasteiger partial charge in [0.15, 0.2) is 11.5 Å². The summed E-state index contributed by atoms with van der Waals surface area (Å²) in [5, 5.41) is 6.61. The van der Waals surface area contributed by atoms with Crippen LogP contribution in [0, 0.1) is 5.92 Å². The van der Waals surface area contributed by atoms with Crippen molar-refractivity contribution in [2.24, 2.45) is 5.92 Å². The predicted octanol–water partition coefficient (Wildman–Crippen LogP) is 1.29. The van der Waals surface area contributed by atoms with E-state index in [1.165, 1.54) is 0 Å². The van der Waals surface area contributed by atoms with Crippen LogP contribution in [0.3, 0.4) is 0 Å². The van der Waals surface area contributed by atoms with E-state index in [9.17, 15) is 4.79 Å². The van der Waals surface area contributed by atoms with Crippen LogP contribution in [0.2, 0.25) is 0 Å². The molecule has 5 heteroatoms. The molecular weight excluding hydrogens is 292 g/mol. The van der Waals surface area contributed by atoms with Gasteiger partial charge in [-0.05, 0) is 29.7 Å². The van der Waals surface area contributed by atoms with E-state index in [0.717, 1.165) is 24.1 Å². The van der Waals surface area contributed by atoms with E-state index in [2.05, 4.69) is 16.7 Å². The van der Waals surface area contributed by atoms with E-state index in [-0.39, 0.29) is 17.9 Å². The first-order valence-corrected chi connectivity index (χ1v) is 7.87. The number of hydrogen-bond donors (Lipinski definition) is 2. The molecule has 1 saturated heterocycles. The number of nitrogens with one attached hydrogen (secondary N) is 2. The number of amides is 1. The van der Waals surface area contributed by atoms with E-state index >= 15 is 0 Å². The molecule has 120 valence electrons. The number of hydrogen-bond acceptors (Lipinski definition) is 4. The monoisotopic (exact) mass is 312 g/mol. The van der Waals surface area contributed by atoms with Crippen LogP contribution in [-0.4, -0.2) is 32.7 Å². The molecule has 1 fully saturated rings. The fourth-order valence-electron chi connectivity index (χ4n) is 4.06. The highest BCUT2D eigenvalue weighted by Gasteiger charge is 2.56. The van der Waals surface area contributed by atoms with Crippen molar-refractivity contribution in [3.63, 3.8) is 0 Å². The zero-order chi connectivity index (χ0) is 16.0. The molecule has 0 bridgehead atoms. The lowest BCUT2D eigenvalue weighted by atomic mass is 9.72. The maximum atomic E-state index is 12.9. The first kappa shape index (κ1) is 14.3. The van der Waals surface area contributed by atoms with Gasteiger partial charge in [-0.3, -0.25) is 10.1 Å². The van der Waals surface area contributed by atoms with Crippen LogP contribution < -0.4 is 20.1 Å². The first-order valence-electron chi connectivity index (χ1n) is 7.87. The molecule has 3 atom stereocenters. The van der Waals surface area contributed by atoms with Crippen molar-refractivity contribution in [2.45, 2.75) is 18.0 Å². The van der Waals surface area contributed by atoms with Gasteiger partial charge >= 0.3 is 0 Å². The van der Waals surface area contributed by atoms with Crippen LogP contribution in [-0.2, 0) is 16.8 Å². The Morgan fingerprint density at radius 1 is 1.13 bits per heavy atom. The summed E-state index contributed by atoms with van der Waals surface area (Å²) in [6.45, 7) is 0.761. The highest BCUT2D eigenvalue weighted by Crippen LogP contribution is 2.46. The summed E-state index contributed by atoms with van der Waals surface area (Å²) < 4.78 is 10.9. The van der Waals surface area contributed by atoms with Crippen LogP contribution in [0.25, 0.3) is 0 Å². The molecule has 1 aliphatic carbocycles. The van der Waals surface area contributed by atoms with Crippen molar-refractivity contribution in [3.8, 4) is 11.5 Å². The maximum Gasteiger partial charge on any atom is 0.246 e. The summed E-state index contributed by atoms with van der Waals surface area (Å²) in [7, 11) is 3.25. The van der Waals surface area contributed by atoms with Gasteiger partial charge in [0.1, 0.15) is 5.54 Å². The van der Waals surface area contributed by atoms with Crippen LogP contribution >= 0.6 is 0 Å². The minimum atomic E-state index is -0.737. The Labute approximate surface area is 135 Å². The number of rotatable bonds is 2. The van der Waals surface area contributed by atoms with E-state index in [1.807, 2.05) is 30.4 Å². The fraction of sp³-hybridized carbons (Fsp3) is 0.389. The molecule has 1 aromatic carbocycles. The Bertz CT molecular complexity index is 725. The fourth-order valence-corrected chi connectivity index (χ4v) is 4.06. The second-order valence-corrected chi connectivity index (χ2v) is 6.14. The molecule has 3 aliphatic rings. The van der Waals surface area contributed by atoms with Gasteiger partial charge in [0.2, 0.25) is 5.91 Å². The molecule has 2 aliphatic heterocycles. The molecule has 0 radical (unpaired) electrons. The van der Waals surface area contributed by atoms with E-state index in [0.29, 0.717) is 11.5 Å². The van der Waals surface area contributed by atoms with Crippen LogP contribution in [0.4, 0.5) is 0 Å². The molecule has 2 heterocycles. The summed E-state index contributed by atoms with van der Waals surface area (Å²) in [6.07, 6.45) is 9.02. The van der Waals surface area contributed by atoms with Crippen molar-refractivity contribution >= 4 is 5.91 Å². The number of ether oxygens (including phenoxy) is 2. The third-order valence-corrected chi connectivity index (χ3v) is 5.12. The molecule has 1 spiro atoms. The highest BCUT2D eigenvalue weighted by atomic mass is 16.5. The van der Waals surface area contributed by atoms with E-state index in [4.69, 9.17) is 9.47 Å². The lowest BCUT2D eigenvalue weighted by Crippen LogP contribution is -2.55. The van der Waals surface area contributed by atoms with Crippen molar-refractivity contribution in [1.29, 1.82) is 0 Å². The summed E-state index contributed by atoms with van der Waals surface area (Å²) in [6, 6.07) is 3.98. The van der Waals surface area contributed by atoms with Gasteiger partial charge in [-0.1, -0.05) is 24.3 Å². The molecular formula is C18H20N2O3. The Morgan fingerprint density at radius 3 is 2.65 bits per heavy atom. The number of benzene rings is 1. The largest absolute Gasteiger partial charge is 0.493 e. The first-order chi connectivity index (χ1) is 11.2. The van der Waals surface area contributed by atoms with Crippen LogP contribution in [0.5, 0.6) is 11.5 Å². The zero-order valence-corrected chi connectivity index (χ0v) is 13.3. The van der Waals surface area contributed by atoms with Crippen molar-refractivity contribution < 1.29 is 14.3 Å². The number of carbonyl (C=O) groups is 1. The molecule has 1 aromatic rings.